The first-order valence-electron chi connectivity index (χ1n) is 5.86. The highest BCUT2D eigenvalue weighted by molar-refractivity contribution is 7.92. The maximum atomic E-state index is 12.2. The minimum atomic E-state index is -3.93. The number of hydrogen-bond donors (Lipinski definition) is 1. The van der Waals surface area contributed by atoms with Crippen molar-refractivity contribution in [3.05, 3.63) is 29.8 Å². The molecule has 19 heavy (non-hydrogen) atoms. The zero-order chi connectivity index (χ0) is 14.6. The average molecular weight is 286 g/mol. The molecule has 0 heterocycles. The largest absolute Gasteiger partial charge is 0.480 e. The van der Waals surface area contributed by atoms with Crippen LogP contribution in [0.1, 0.15) is 25.3 Å². The number of benzene rings is 1. The first-order chi connectivity index (χ1) is 8.80. The maximum Gasteiger partial charge on any atom is 0.324 e. The van der Waals surface area contributed by atoms with Gasteiger partial charge in [-0.2, -0.15) is 0 Å². The van der Waals surface area contributed by atoms with Crippen molar-refractivity contribution in [1.29, 1.82) is 0 Å². The molecule has 0 spiro atoms. The van der Waals surface area contributed by atoms with Crippen LogP contribution in [0.3, 0.4) is 0 Å². The lowest BCUT2D eigenvalue weighted by Gasteiger charge is -2.13. The van der Waals surface area contributed by atoms with Gasteiger partial charge in [0.2, 0.25) is 0 Å². The van der Waals surface area contributed by atoms with Crippen LogP contribution in [0, 0.1) is 0 Å². The van der Waals surface area contributed by atoms with Crippen molar-refractivity contribution < 1.29 is 23.1 Å². The van der Waals surface area contributed by atoms with Gasteiger partial charge in [0, 0.05) is 7.11 Å². The summed E-state index contributed by atoms with van der Waals surface area (Å²) in [6.45, 7) is 3.62. The third kappa shape index (κ3) is 3.54. The molecule has 1 N–H and O–H groups in total. The molecule has 0 bridgehead atoms. The molecule has 0 saturated carbocycles. The molecule has 0 amide bonds. The highest BCUT2D eigenvalue weighted by atomic mass is 32.2. The number of carboxylic acid groups (broad SMARTS) is 1. The highest BCUT2D eigenvalue weighted by Crippen LogP contribution is 2.21. The fourth-order valence-electron chi connectivity index (χ4n) is 1.65. The molecular weight excluding hydrogens is 268 g/mol. The Morgan fingerprint density at radius 1 is 1.26 bits per heavy atom. The number of aliphatic carboxylic acids is 1. The predicted molar refractivity (Wildman–Crippen MR) is 71.0 cm³/mol. The van der Waals surface area contributed by atoms with Crippen LogP contribution in [0.4, 0.5) is 0 Å². The van der Waals surface area contributed by atoms with E-state index in [1.807, 2.05) is 13.8 Å². The van der Waals surface area contributed by atoms with Crippen molar-refractivity contribution in [2.45, 2.75) is 29.9 Å². The monoisotopic (exact) mass is 286 g/mol. The third-order valence-corrected chi connectivity index (χ3v) is 4.86. The van der Waals surface area contributed by atoms with Crippen LogP contribution in [-0.4, -0.2) is 38.5 Å². The van der Waals surface area contributed by atoms with Gasteiger partial charge in [-0.3, -0.25) is 4.79 Å². The van der Waals surface area contributed by atoms with Crippen LogP contribution < -0.4 is 0 Å². The van der Waals surface area contributed by atoms with E-state index in [1.165, 1.54) is 19.2 Å². The van der Waals surface area contributed by atoms with E-state index >= 15 is 0 Å². The van der Waals surface area contributed by atoms with Crippen LogP contribution in [0.15, 0.2) is 29.2 Å². The van der Waals surface area contributed by atoms with Crippen LogP contribution in [-0.2, 0) is 19.4 Å². The number of carboxylic acids is 1. The number of hydrogen-bond acceptors (Lipinski definition) is 4. The Balaban J connectivity index is 3.14. The summed E-state index contributed by atoms with van der Waals surface area (Å²) in [5.41, 5.74) is 0.998. The third-order valence-electron chi connectivity index (χ3n) is 2.84. The fraction of sp³-hybridized carbons (Fsp3) is 0.462. The first kappa shape index (κ1) is 15.7. The summed E-state index contributed by atoms with van der Waals surface area (Å²) in [6.07, 6.45) is 0. The van der Waals surface area contributed by atoms with Gasteiger partial charge >= 0.3 is 5.97 Å². The van der Waals surface area contributed by atoms with Crippen molar-refractivity contribution in [2.75, 3.05) is 13.7 Å². The highest BCUT2D eigenvalue weighted by Gasteiger charge is 2.34. The van der Waals surface area contributed by atoms with E-state index in [2.05, 4.69) is 4.74 Å². The summed E-state index contributed by atoms with van der Waals surface area (Å²) in [7, 11) is -2.66. The SMILES string of the molecule is COCC(C(=O)O)S(=O)(=O)c1ccc(C(C)C)cc1. The molecule has 0 fully saturated rings. The van der Waals surface area contributed by atoms with Crippen molar-refractivity contribution in [3.63, 3.8) is 0 Å². The standard InChI is InChI=1S/C13H18O5S/c1-9(2)10-4-6-11(7-5-10)19(16,17)12(8-18-3)13(14)15/h4-7,9,12H,8H2,1-3H3,(H,14,15). The molecule has 0 aliphatic rings. The van der Waals surface area contributed by atoms with Gasteiger partial charge in [0.25, 0.3) is 0 Å². The molecule has 6 heteroatoms. The quantitative estimate of drug-likeness (QED) is 0.860. The lowest BCUT2D eigenvalue weighted by atomic mass is 10.0. The van der Waals surface area contributed by atoms with Gasteiger partial charge in [0.05, 0.1) is 11.5 Å². The van der Waals surface area contributed by atoms with Gasteiger partial charge in [0.15, 0.2) is 15.1 Å². The number of carbonyl (C=O) groups is 1. The molecule has 0 saturated heterocycles. The van der Waals surface area contributed by atoms with Crippen molar-refractivity contribution in [3.8, 4) is 0 Å². The minimum absolute atomic E-state index is 0.00125. The number of ether oxygens (including phenoxy) is 1. The normalized spacial score (nSPS) is 13.5. The number of sulfone groups is 1. The van der Waals surface area contributed by atoms with Gasteiger partial charge in [-0.15, -0.1) is 0 Å². The molecule has 0 aliphatic carbocycles. The topological polar surface area (TPSA) is 80.7 Å². The Kier molecular flexibility index (Phi) is 5.08. The lowest BCUT2D eigenvalue weighted by molar-refractivity contribution is -0.137. The Morgan fingerprint density at radius 2 is 1.79 bits per heavy atom. The fourth-order valence-corrected chi connectivity index (χ4v) is 3.08. The minimum Gasteiger partial charge on any atom is -0.480 e. The maximum absolute atomic E-state index is 12.2. The molecule has 5 nitrogen and oxygen atoms in total. The van der Waals surface area contributed by atoms with Crippen LogP contribution in [0.2, 0.25) is 0 Å². The number of rotatable bonds is 6. The smallest absolute Gasteiger partial charge is 0.324 e. The molecule has 0 aliphatic heterocycles. The van der Waals surface area contributed by atoms with E-state index in [0.29, 0.717) is 0 Å². The van der Waals surface area contributed by atoms with Crippen LogP contribution in [0.25, 0.3) is 0 Å². The second-order valence-electron chi connectivity index (χ2n) is 4.55. The molecule has 106 valence electrons. The van der Waals surface area contributed by atoms with Crippen LogP contribution in [0.5, 0.6) is 0 Å². The molecular formula is C13H18O5S. The second-order valence-corrected chi connectivity index (χ2v) is 6.68. The lowest BCUT2D eigenvalue weighted by Crippen LogP contribution is -2.34. The molecule has 1 aromatic rings. The summed E-state index contributed by atoms with van der Waals surface area (Å²) in [4.78, 5) is 11.0. The molecule has 1 atom stereocenters. The first-order valence-corrected chi connectivity index (χ1v) is 7.41. The van der Waals surface area contributed by atoms with E-state index in [4.69, 9.17) is 5.11 Å². The van der Waals surface area contributed by atoms with Gasteiger partial charge in [-0.25, -0.2) is 8.42 Å². The summed E-state index contributed by atoms with van der Waals surface area (Å²) in [5, 5.41) is 7.40. The summed E-state index contributed by atoms with van der Waals surface area (Å²) in [5.74, 6) is -1.12. The zero-order valence-corrected chi connectivity index (χ0v) is 12.0. The molecule has 1 aromatic carbocycles. The van der Waals surface area contributed by atoms with Crippen molar-refractivity contribution in [1.82, 2.24) is 0 Å². The summed E-state index contributed by atoms with van der Waals surface area (Å²) < 4.78 is 29.0. The van der Waals surface area contributed by atoms with E-state index in [0.717, 1.165) is 5.56 Å². The van der Waals surface area contributed by atoms with E-state index < -0.39 is 21.1 Å². The molecule has 0 aromatic heterocycles. The Labute approximate surface area is 113 Å². The average Bonchev–Trinajstić information content (AvgIpc) is 2.35. The van der Waals surface area contributed by atoms with Gasteiger partial charge in [0.1, 0.15) is 0 Å². The predicted octanol–water partition coefficient (Wildman–Crippen LogP) is 1.68. The van der Waals surface area contributed by atoms with Gasteiger partial charge < -0.3 is 9.84 Å². The van der Waals surface area contributed by atoms with E-state index in [9.17, 15) is 13.2 Å². The summed E-state index contributed by atoms with van der Waals surface area (Å²) >= 11 is 0. The number of methoxy groups -OCH3 is 1. The second kappa shape index (κ2) is 6.16. The Bertz CT molecular complexity index is 531. The van der Waals surface area contributed by atoms with E-state index in [1.54, 1.807) is 12.1 Å². The summed E-state index contributed by atoms with van der Waals surface area (Å²) in [6, 6.07) is 6.28. The Hall–Kier alpha value is -1.40. The van der Waals surface area contributed by atoms with Gasteiger partial charge in [-0.1, -0.05) is 26.0 Å². The van der Waals surface area contributed by atoms with Crippen molar-refractivity contribution >= 4 is 15.8 Å². The van der Waals surface area contributed by atoms with Crippen LogP contribution >= 0.6 is 0 Å². The van der Waals surface area contributed by atoms with E-state index in [-0.39, 0.29) is 17.4 Å². The van der Waals surface area contributed by atoms with Gasteiger partial charge in [-0.05, 0) is 23.6 Å². The molecule has 0 radical (unpaired) electrons. The zero-order valence-electron chi connectivity index (χ0n) is 11.2. The van der Waals surface area contributed by atoms with Crippen molar-refractivity contribution in [2.24, 2.45) is 0 Å². The molecule has 1 unspecified atom stereocenters. The Morgan fingerprint density at radius 3 is 2.16 bits per heavy atom. The molecule has 1 rings (SSSR count).